The molecule has 0 radical (unpaired) electrons. The Morgan fingerprint density at radius 3 is 2.35 bits per heavy atom. The van der Waals surface area contributed by atoms with E-state index in [1.165, 1.54) is 13.0 Å². The van der Waals surface area contributed by atoms with E-state index in [1.807, 2.05) is 0 Å². The largest absolute Gasteiger partial charge is 0.462 e. The van der Waals surface area contributed by atoms with Crippen LogP contribution < -0.4 is 10.7 Å². The number of amides is 1. The van der Waals surface area contributed by atoms with Crippen molar-refractivity contribution in [2.24, 2.45) is 0 Å². The molecule has 178 valence electrons. The molecule has 0 aliphatic heterocycles. The van der Waals surface area contributed by atoms with E-state index in [9.17, 15) is 24.0 Å². The Morgan fingerprint density at radius 1 is 0.971 bits per heavy atom. The molecule has 1 amide bonds. The lowest BCUT2D eigenvalue weighted by Gasteiger charge is -2.08. The predicted molar refractivity (Wildman–Crippen MR) is 122 cm³/mol. The lowest BCUT2D eigenvalue weighted by Crippen LogP contribution is -2.22. The molecule has 0 aliphatic carbocycles. The fraction of sp³-hybridized carbons (Fsp3) is 0.261. The van der Waals surface area contributed by atoms with Gasteiger partial charge in [0.15, 0.2) is 12.0 Å². The number of hydrogen-bond acceptors (Lipinski definition) is 10. The Bertz CT molecular complexity index is 1320. The van der Waals surface area contributed by atoms with Crippen LogP contribution in [0.1, 0.15) is 50.0 Å². The molecule has 1 aromatic carbocycles. The van der Waals surface area contributed by atoms with Crippen LogP contribution in [-0.4, -0.2) is 43.6 Å². The first-order chi connectivity index (χ1) is 16.3. The van der Waals surface area contributed by atoms with Crippen molar-refractivity contribution in [2.75, 3.05) is 25.1 Å². The van der Waals surface area contributed by atoms with Gasteiger partial charge in [0.25, 0.3) is 5.91 Å². The highest BCUT2D eigenvalue weighted by Crippen LogP contribution is 2.34. The summed E-state index contributed by atoms with van der Waals surface area (Å²) in [6.07, 6.45) is 0. The second kappa shape index (κ2) is 10.8. The maximum absolute atomic E-state index is 12.4. The number of carbonyl (C=O) groups excluding carboxylic acids is 4. The molecule has 0 spiro atoms. The van der Waals surface area contributed by atoms with Gasteiger partial charge < -0.3 is 23.9 Å². The van der Waals surface area contributed by atoms with Gasteiger partial charge in [-0.3, -0.25) is 9.59 Å². The normalized spacial score (nSPS) is 10.6. The molecule has 2 heterocycles. The Balaban J connectivity index is 1.76. The van der Waals surface area contributed by atoms with Gasteiger partial charge in [-0.25, -0.2) is 14.4 Å². The summed E-state index contributed by atoms with van der Waals surface area (Å²) in [4.78, 5) is 61.6. The van der Waals surface area contributed by atoms with Gasteiger partial charge in [0.05, 0.1) is 24.2 Å². The van der Waals surface area contributed by atoms with Crippen molar-refractivity contribution in [3.05, 3.63) is 62.3 Å². The number of rotatable bonds is 8. The average molecular weight is 487 g/mol. The third-order valence-electron chi connectivity index (χ3n) is 4.51. The zero-order valence-electron chi connectivity index (χ0n) is 18.6. The Morgan fingerprint density at radius 2 is 1.65 bits per heavy atom. The SMILES string of the molecule is CCOC(=O)c1sc(NC(=O)COC(=O)c2cc(=O)c3ccccc3o2)c(C(=O)OCC)c1C. The van der Waals surface area contributed by atoms with Crippen LogP contribution in [0.5, 0.6) is 0 Å². The number of para-hydroxylation sites is 1. The van der Waals surface area contributed by atoms with Crippen molar-refractivity contribution < 1.29 is 37.8 Å². The van der Waals surface area contributed by atoms with E-state index in [-0.39, 0.29) is 40.0 Å². The second-order valence-corrected chi connectivity index (χ2v) is 7.82. The summed E-state index contributed by atoms with van der Waals surface area (Å²) < 4.78 is 20.3. The van der Waals surface area contributed by atoms with Gasteiger partial charge >= 0.3 is 17.9 Å². The topological polar surface area (TPSA) is 138 Å². The highest BCUT2D eigenvalue weighted by molar-refractivity contribution is 7.18. The molecule has 0 aliphatic rings. The summed E-state index contributed by atoms with van der Waals surface area (Å²) in [6.45, 7) is 4.28. The van der Waals surface area contributed by atoms with Crippen molar-refractivity contribution in [1.82, 2.24) is 0 Å². The summed E-state index contributed by atoms with van der Waals surface area (Å²) >= 11 is 0.843. The summed E-state index contributed by atoms with van der Waals surface area (Å²) in [7, 11) is 0. The van der Waals surface area contributed by atoms with Crippen LogP contribution in [0.2, 0.25) is 0 Å². The number of hydrogen-bond donors (Lipinski definition) is 1. The Labute approximate surface area is 197 Å². The zero-order chi connectivity index (χ0) is 24.8. The predicted octanol–water partition coefficient (Wildman–Crippen LogP) is 3.31. The summed E-state index contributed by atoms with van der Waals surface area (Å²) in [6, 6.07) is 7.36. The maximum atomic E-state index is 12.4. The van der Waals surface area contributed by atoms with Gasteiger partial charge in [-0.15, -0.1) is 11.3 Å². The lowest BCUT2D eigenvalue weighted by atomic mass is 10.1. The van der Waals surface area contributed by atoms with Gasteiger partial charge in [-0.05, 0) is 38.5 Å². The smallest absolute Gasteiger partial charge is 0.374 e. The molecule has 11 heteroatoms. The van der Waals surface area contributed by atoms with Crippen LogP contribution in [0.15, 0.2) is 39.5 Å². The number of anilines is 1. The second-order valence-electron chi connectivity index (χ2n) is 6.80. The Kier molecular flexibility index (Phi) is 7.79. The molecule has 34 heavy (non-hydrogen) atoms. The van der Waals surface area contributed by atoms with Crippen LogP contribution in [0, 0.1) is 6.92 Å². The number of carbonyl (C=O) groups is 4. The van der Waals surface area contributed by atoms with Crippen molar-refractivity contribution >= 4 is 51.1 Å². The highest BCUT2D eigenvalue weighted by atomic mass is 32.1. The van der Waals surface area contributed by atoms with Crippen LogP contribution in [0.3, 0.4) is 0 Å². The summed E-state index contributed by atoms with van der Waals surface area (Å²) in [5.41, 5.74) is 0.0751. The first-order valence-electron chi connectivity index (χ1n) is 10.2. The molecule has 3 rings (SSSR count). The zero-order valence-corrected chi connectivity index (χ0v) is 19.4. The molecular formula is C23H21NO9S. The van der Waals surface area contributed by atoms with Gasteiger partial charge in [-0.1, -0.05) is 12.1 Å². The molecule has 0 atom stereocenters. The molecule has 0 fully saturated rings. The minimum Gasteiger partial charge on any atom is -0.462 e. The molecular weight excluding hydrogens is 466 g/mol. The van der Waals surface area contributed by atoms with E-state index in [0.717, 1.165) is 17.4 Å². The van der Waals surface area contributed by atoms with Crippen molar-refractivity contribution in [1.29, 1.82) is 0 Å². The monoisotopic (exact) mass is 487 g/mol. The molecule has 0 bridgehead atoms. The van der Waals surface area contributed by atoms with E-state index in [1.54, 1.807) is 32.0 Å². The number of benzene rings is 1. The number of esters is 3. The fourth-order valence-corrected chi connectivity index (χ4v) is 4.12. The molecule has 0 unspecified atom stereocenters. The van der Waals surface area contributed by atoms with Gasteiger partial charge in [0, 0.05) is 6.07 Å². The van der Waals surface area contributed by atoms with Gasteiger partial charge in [0.2, 0.25) is 5.76 Å². The molecule has 0 saturated carbocycles. The van der Waals surface area contributed by atoms with Gasteiger partial charge in [-0.2, -0.15) is 0 Å². The van der Waals surface area contributed by atoms with E-state index in [4.69, 9.17) is 18.6 Å². The average Bonchev–Trinajstić information content (AvgIpc) is 3.13. The van der Waals surface area contributed by atoms with Crippen molar-refractivity contribution in [3.63, 3.8) is 0 Å². The number of thiophene rings is 1. The summed E-state index contributed by atoms with van der Waals surface area (Å²) in [5, 5.41) is 2.81. The van der Waals surface area contributed by atoms with Crippen LogP contribution in [0.25, 0.3) is 11.0 Å². The lowest BCUT2D eigenvalue weighted by molar-refractivity contribution is -0.119. The van der Waals surface area contributed by atoms with E-state index >= 15 is 0 Å². The third-order valence-corrected chi connectivity index (χ3v) is 5.70. The van der Waals surface area contributed by atoms with Crippen LogP contribution in [-0.2, 0) is 19.0 Å². The van der Waals surface area contributed by atoms with E-state index in [2.05, 4.69) is 5.32 Å². The van der Waals surface area contributed by atoms with Crippen molar-refractivity contribution in [2.45, 2.75) is 20.8 Å². The number of fused-ring (bicyclic) bond motifs is 1. The van der Waals surface area contributed by atoms with Crippen LogP contribution in [0.4, 0.5) is 5.00 Å². The minimum absolute atomic E-state index is 0.00936. The van der Waals surface area contributed by atoms with Crippen LogP contribution >= 0.6 is 11.3 Å². The number of nitrogens with one attached hydrogen (secondary N) is 1. The molecule has 10 nitrogen and oxygen atoms in total. The Hall–Kier alpha value is -3.99. The molecule has 2 aromatic heterocycles. The maximum Gasteiger partial charge on any atom is 0.374 e. The summed E-state index contributed by atoms with van der Waals surface area (Å²) in [5.74, 6) is -3.52. The first-order valence-corrected chi connectivity index (χ1v) is 11.1. The minimum atomic E-state index is -1.02. The highest BCUT2D eigenvalue weighted by Gasteiger charge is 2.27. The van der Waals surface area contributed by atoms with Gasteiger partial charge in [0.1, 0.15) is 15.5 Å². The molecule has 1 N–H and O–H groups in total. The molecule has 0 saturated heterocycles. The third kappa shape index (κ3) is 5.31. The molecule has 3 aromatic rings. The van der Waals surface area contributed by atoms with E-state index < -0.39 is 35.9 Å². The van der Waals surface area contributed by atoms with E-state index in [0.29, 0.717) is 10.9 Å². The standard InChI is InChI=1S/C23H21NO9S/c1-4-30-22(28)18-12(3)19(23(29)31-5-2)34-20(18)24-17(26)11-32-21(27)16-10-14(25)13-8-6-7-9-15(13)33-16/h6-10H,4-5,11H2,1-3H3,(H,24,26). The number of ether oxygens (including phenoxy) is 3. The quantitative estimate of drug-likeness (QED) is 0.374. The first kappa shape index (κ1) is 24.6. The van der Waals surface area contributed by atoms with Crippen molar-refractivity contribution in [3.8, 4) is 0 Å². The fourth-order valence-electron chi connectivity index (χ4n) is 3.01.